The molecule has 0 spiro atoms. The number of fused-ring (bicyclic) bond motifs is 4. The predicted molar refractivity (Wildman–Crippen MR) is 494 cm³/mol. The van der Waals surface area contributed by atoms with Crippen LogP contribution in [0.15, 0.2) is 176 Å². The smallest absolute Gasteiger partial charge is 0.200 e. The minimum Gasteiger partial charge on any atom is -0.200 e. The van der Waals surface area contributed by atoms with E-state index < -0.39 is 0 Å². The van der Waals surface area contributed by atoms with Crippen LogP contribution in [0.5, 0.6) is 0 Å². The Bertz CT molecular complexity index is 5460. The first kappa shape index (κ1) is 84.3. The second-order valence-corrected chi connectivity index (χ2v) is 39.1. The second kappa shape index (κ2) is 36.1. The van der Waals surface area contributed by atoms with Gasteiger partial charge in [-0.1, -0.05) is 239 Å². The number of rotatable bonds is 11. The first-order valence-electron chi connectivity index (χ1n) is 45.1. The minimum atomic E-state index is 0.143. The van der Waals surface area contributed by atoms with Gasteiger partial charge in [-0.15, -0.1) is 0 Å². The molecule has 0 bridgehead atoms. The third-order valence-electron chi connectivity index (χ3n) is 27.7. The van der Waals surface area contributed by atoms with Crippen LogP contribution >= 0.6 is 0 Å². The van der Waals surface area contributed by atoms with Crippen LogP contribution in [0, 0.1) is 41.5 Å². The summed E-state index contributed by atoms with van der Waals surface area (Å²) in [5.74, 6) is 4.60. The molecule has 0 saturated heterocycles. The van der Waals surface area contributed by atoms with Gasteiger partial charge in [0.05, 0.1) is 38.2 Å². The summed E-state index contributed by atoms with van der Waals surface area (Å²) in [5, 5.41) is 11.0. The van der Waals surface area contributed by atoms with E-state index in [0.717, 1.165) is 23.7 Å². The van der Waals surface area contributed by atoms with Gasteiger partial charge in [-0.25, -0.2) is 18.3 Å². The summed E-state index contributed by atoms with van der Waals surface area (Å²) in [6.45, 7) is 41.2. The van der Waals surface area contributed by atoms with Gasteiger partial charge in [0.1, 0.15) is 28.2 Å². The Kier molecular flexibility index (Phi) is 26.5. The molecule has 4 aliphatic carbocycles. The van der Waals surface area contributed by atoms with E-state index in [9.17, 15) is 0 Å². The first-order valence-corrected chi connectivity index (χ1v) is 45.1. The Morgan fingerprint density at radius 1 is 0.270 bits per heavy atom. The van der Waals surface area contributed by atoms with Crippen LogP contribution in [-0.2, 0) is 39.0 Å². The zero-order chi connectivity index (χ0) is 81.9. The molecular weight excluding hydrogens is 1390 g/mol. The van der Waals surface area contributed by atoms with E-state index in [-0.39, 0.29) is 10.8 Å². The molecule has 8 aromatic carbocycles. The molecule has 0 aliphatic heterocycles. The van der Waals surface area contributed by atoms with Gasteiger partial charge in [-0.2, -0.15) is 0 Å². The Labute approximate surface area is 695 Å². The van der Waals surface area contributed by atoms with Gasteiger partial charge in [0.2, 0.25) is 22.8 Å². The van der Waals surface area contributed by atoms with Crippen molar-refractivity contribution in [3.05, 3.63) is 260 Å². The molecule has 4 fully saturated rings. The molecule has 12 aromatic rings. The maximum absolute atomic E-state index is 2.47. The zero-order valence-electron chi connectivity index (χ0n) is 75.2. The normalized spacial score (nSPS) is 15.7. The second-order valence-electron chi connectivity index (χ2n) is 39.1. The summed E-state index contributed by atoms with van der Waals surface area (Å²) >= 11 is 0. The molecule has 4 saturated carbocycles. The minimum absolute atomic E-state index is 0.143. The third-order valence-corrected chi connectivity index (χ3v) is 27.7. The Morgan fingerprint density at radius 3 is 0.887 bits per heavy atom. The summed E-state index contributed by atoms with van der Waals surface area (Å²) in [7, 11) is 8.73. The van der Waals surface area contributed by atoms with Crippen LogP contribution in [0.1, 0.15) is 336 Å². The molecule has 4 heterocycles. The fourth-order valence-corrected chi connectivity index (χ4v) is 20.0. The van der Waals surface area contributed by atoms with Gasteiger partial charge in [-0.05, 0) is 299 Å². The summed E-state index contributed by atoms with van der Waals surface area (Å²) < 4.78 is 9.21. The van der Waals surface area contributed by atoms with Gasteiger partial charge in [-0.3, -0.25) is 0 Å². The molecule has 16 rings (SSSR count). The van der Waals surface area contributed by atoms with Crippen molar-refractivity contribution in [2.75, 3.05) is 0 Å². The number of aryl methyl sites for hydroxylation is 7. The average molecular weight is 1530 g/mol. The van der Waals surface area contributed by atoms with Crippen LogP contribution in [0.25, 0.3) is 88.1 Å². The Balaban J connectivity index is 0.000000134. The Morgan fingerprint density at radius 2 is 0.565 bits per heavy atom. The highest BCUT2D eigenvalue weighted by atomic mass is 14.9. The maximum Gasteiger partial charge on any atom is 0.220 e. The van der Waals surface area contributed by atoms with E-state index in [1.54, 1.807) is 0 Å². The molecule has 0 radical (unpaired) electrons. The number of hydrogen-bond acceptors (Lipinski definition) is 0. The monoisotopic (exact) mass is 1530 g/mol. The fourth-order valence-electron chi connectivity index (χ4n) is 20.0. The number of benzene rings is 8. The zero-order valence-corrected chi connectivity index (χ0v) is 75.2. The van der Waals surface area contributed by atoms with E-state index in [2.05, 4.69) is 348 Å². The van der Waals surface area contributed by atoms with Crippen molar-refractivity contribution < 1.29 is 18.3 Å². The van der Waals surface area contributed by atoms with Crippen LogP contribution in [0.2, 0.25) is 0 Å². The van der Waals surface area contributed by atoms with Gasteiger partial charge < -0.3 is 0 Å². The number of hydrogen-bond donors (Lipinski definition) is 0. The van der Waals surface area contributed by atoms with Crippen LogP contribution < -0.4 is 18.3 Å². The van der Waals surface area contributed by atoms with E-state index in [4.69, 9.17) is 0 Å². The molecule has 4 aliphatic rings. The molecule has 0 amide bonds. The molecule has 0 unspecified atom stereocenters. The molecule has 0 N–H and O–H groups in total. The van der Waals surface area contributed by atoms with Crippen molar-refractivity contribution in [2.45, 2.75) is 305 Å². The fraction of sp³-hybridized carbons (Fsp3) is 0.459. The number of aromatic nitrogens is 4. The molecule has 4 heteroatoms. The third kappa shape index (κ3) is 18.9. The van der Waals surface area contributed by atoms with E-state index in [0.29, 0.717) is 17.8 Å². The molecular formula is C111H142N4+4. The van der Waals surface area contributed by atoms with Crippen molar-refractivity contribution in [2.24, 2.45) is 28.2 Å². The summed E-state index contributed by atoms with van der Waals surface area (Å²) in [6, 6.07) is 59.6. The average Bonchev–Trinajstić information content (AvgIpc) is 0.777. The van der Waals surface area contributed by atoms with Crippen molar-refractivity contribution in [1.82, 2.24) is 0 Å². The quantitative estimate of drug-likeness (QED) is 0.115. The van der Waals surface area contributed by atoms with Gasteiger partial charge in [0, 0.05) is 29.8 Å². The maximum atomic E-state index is 2.47. The lowest BCUT2D eigenvalue weighted by molar-refractivity contribution is -0.659. The van der Waals surface area contributed by atoms with Crippen molar-refractivity contribution in [3.8, 4) is 45.0 Å². The van der Waals surface area contributed by atoms with E-state index >= 15 is 0 Å². The van der Waals surface area contributed by atoms with Crippen LogP contribution in [-0.4, -0.2) is 0 Å². The highest BCUT2D eigenvalue weighted by Crippen LogP contribution is 2.44. The van der Waals surface area contributed by atoms with Gasteiger partial charge in [0.15, 0.2) is 24.8 Å². The number of nitrogens with zero attached hydrogens (tertiary/aromatic N) is 4. The summed E-state index contributed by atoms with van der Waals surface area (Å²) in [4.78, 5) is 0. The van der Waals surface area contributed by atoms with Crippen LogP contribution in [0.3, 0.4) is 0 Å². The van der Waals surface area contributed by atoms with Gasteiger partial charge >= 0.3 is 0 Å². The highest BCUT2D eigenvalue weighted by Gasteiger charge is 2.30. The molecule has 4 aromatic heterocycles. The molecule has 0 atom stereocenters. The highest BCUT2D eigenvalue weighted by molar-refractivity contribution is 5.97. The summed E-state index contributed by atoms with van der Waals surface area (Å²) in [6.07, 6.45) is 36.5. The molecule has 115 heavy (non-hydrogen) atoms. The SMILES string of the molecule is Cc1c(-c2c3ccc(C4CCCCC4)cc3cc[n+]2C)cc(C(C)C)cc1C(C)C.Cc1cc(C(C)(C)C)cc(-c2c3ccc(C4CCCCC4)cc3cc[n+]2C)c1C.Cc1cc(C(C)C)cc(-c2c3ccc(C4CCCCC4)cc3cc[n+]2C)c1C.Cc1ccc(C(C)(C)C)cc1-c1c2ccc(C3CCCCC3)cc2cc[n+]1C. The van der Waals surface area contributed by atoms with Crippen LogP contribution in [0.4, 0.5) is 0 Å². The van der Waals surface area contributed by atoms with Crippen molar-refractivity contribution >= 4 is 43.1 Å². The van der Waals surface area contributed by atoms with Crippen molar-refractivity contribution in [1.29, 1.82) is 0 Å². The lowest BCUT2D eigenvalue weighted by atomic mass is 9.82. The molecule has 4 nitrogen and oxygen atoms in total. The first-order chi connectivity index (χ1) is 54.9. The largest absolute Gasteiger partial charge is 0.220 e. The molecule has 602 valence electrons. The van der Waals surface area contributed by atoms with E-state index in [1.807, 2.05) is 0 Å². The topological polar surface area (TPSA) is 15.5 Å². The van der Waals surface area contributed by atoms with Crippen molar-refractivity contribution in [3.63, 3.8) is 0 Å². The lowest BCUT2D eigenvalue weighted by Crippen LogP contribution is -2.31. The Hall–Kier alpha value is -8.60. The van der Waals surface area contributed by atoms with E-state index in [1.165, 1.54) is 300 Å². The van der Waals surface area contributed by atoms with Gasteiger partial charge in [0.25, 0.3) is 0 Å². The lowest BCUT2D eigenvalue weighted by Gasteiger charge is -2.23. The summed E-state index contributed by atoms with van der Waals surface area (Å²) in [5.41, 5.74) is 32.7. The predicted octanol–water partition coefficient (Wildman–Crippen LogP) is 29.3. The standard InChI is InChI=1S/C29H38N.C28H36N.2C27H34N/c1-19(2)25-17-27(20(3)4)21(5)28(18-25)29-26-13-12-23(22-10-8-7-9-11-22)16-24(26)14-15-30(29)6;1-19-16-24(28(3,4)5)18-26(20(19)2)27-25-13-12-22(21-10-8-7-9-11-21)17-23(25)14-15-29(27)6;1-19-11-13-23(27(2,3)4)18-25(19)26-24-14-12-21(20-9-7-6-8-10-20)17-22(24)15-16-28(26)5;1-18(2)24-15-19(3)20(4)26(17-24)27-25-12-11-22(21-9-7-6-8-10-21)16-23(25)13-14-28(27)5/h12-20,22H,7-11H2,1-6H3;12-18,21H,7-11H2,1-6H3;11-18,20H,6-10H2,1-5H3;11-18,21H,6-10H2,1-5H3/q4*+1. The number of pyridine rings is 4.